The Hall–Kier alpha value is -3.12. The first-order valence-corrected chi connectivity index (χ1v) is 11.5. The van der Waals surface area contributed by atoms with Crippen molar-refractivity contribution in [2.75, 3.05) is 13.2 Å². The summed E-state index contributed by atoms with van der Waals surface area (Å²) >= 11 is 1.45. The molecule has 0 aliphatic heterocycles. The Kier molecular flexibility index (Phi) is 6.67. The van der Waals surface area contributed by atoms with Crippen LogP contribution in [0.5, 0.6) is 5.75 Å². The van der Waals surface area contributed by atoms with Gasteiger partial charge >= 0.3 is 0 Å². The van der Waals surface area contributed by atoms with E-state index in [1.54, 1.807) is 0 Å². The number of fused-ring (bicyclic) bond motifs is 1. The first kappa shape index (κ1) is 21.1. The fourth-order valence-electron chi connectivity index (χ4n) is 3.56. The van der Waals surface area contributed by atoms with Gasteiger partial charge in [0.25, 0.3) is 5.91 Å². The Morgan fingerprint density at radius 3 is 2.77 bits per heavy atom. The van der Waals surface area contributed by atoms with Crippen LogP contribution < -0.4 is 10.1 Å². The van der Waals surface area contributed by atoms with E-state index in [4.69, 9.17) is 9.72 Å². The van der Waals surface area contributed by atoms with Gasteiger partial charge in [-0.1, -0.05) is 24.3 Å². The predicted octanol–water partition coefficient (Wildman–Crippen LogP) is 5.16. The second kappa shape index (κ2) is 9.79. The number of aromatic nitrogens is 2. The van der Waals surface area contributed by atoms with Gasteiger partial charge in [0.1, 0.15) is 11.6 Å². The van der Waals surface area contributed by atoms with Crippen LogP contribution in [-0.2, 0) is 13.0 Å². The molecule has 2 aromatic carbocycles. The Labute approximate surface area is 186 Å². The van der Waals surface area contributed by atoms with Crippen molar-refractivity contribution < 1.29 is 9.53 Å². The summed E-state index contributed by atoms with van der Waals surface area (Å²) in [5.41, 5.74) is 4.61. The average Bonchev–Trinajstić information content (AvgIpc) is 3.42. The first-order valence-electron chi connectivity index (χ1n) is 10.6. The van der Waals surface area contributed by atoms with E-state index in [9.17, 15) is 4.79 Å². The molecule has 0 radical (unpaired) electrons. The Morgan fingerprint density at radius 2 is 1.97 bits per heavy atom. The third-order valence-corrected chi connectivity index (χ3v) is 6.25. The number of hydrogen-bond acceptors (Lipinski definition) is 4. The SMILES string of the molecule is Cc1ccc(OCCCn2c(CCNC(=O)c3cccs3)nc3ccccc32)cc1C. The molecule has 6 heteroatoms. The van der Waals surface area contributed by atoms with Gasteiger partial charge in [-0.2, -0.15) is 0 Å². The highest BCUT2D eigenvalue weighted by atomic mass is 32.1. The molecule has 0 spiro atoms. The molecule has 5 nitrogen and oxygen atoms in total. The lowest BCUT2D eigenvalue weighted by atomic mass is 10.1. The van der Waals surface area contributed by atoms with Crippen molar-refractivity contribution in [3.8, 4) is 5.75 Å². The zero-order chi connectivity index (χ0) is 21.6. The van der Waals surface area contributed by atoms with Crippen LogP contribution in [0.15, 0.2) is 60.0 Å². The van der Waals surface area contributed by atoms with Crippen LogP contribution in [0.4, 0.5) is 0 Å². The molecular weight excluding hydrogens is 406 g/mol. The summed E-state index contributed by atoms with van der Waals surface area (Å²) in [6.07, 6.45) is 1.56. The summed E-state index contributed by atoms with van der Waals surface area (Å²) in [5, 5.41) is 4.91. The highest BCUT2D eigenvalue weighted by molar-refractivity contribution is 7.12. The number of nitrogens with one attached hydrogen (secondary N) is 1. The normalized spacial score (nSPS) is 11.0. The molecule has 0 fully saturated rings. The fraction of sp³-hybridized carbons (Fsp3) is 0.280. The lowest BCUT2D eigenvalue weighted by Crippen LogP contribution is -2.25. The number of hydrogen-bond donors (Lipinski definition) is 1. The van der Waals surface area contributed by atoms with Crippen LogP contribution in [0.25, 0.3) is 11.0 Å². The molecule has 1 N–H and O–H groups in total. The van der Waals surface area contributed by atoms with E-state index in [-0.39, 0.29) is 5.91 Å². The van der Waals surface area contributed by atoms with Gasteiger partial charge in [0.2, 0.25) is 0 Å². The monoisotopic (exact) mass is 433 g/mol. The van der Waals surface area contributed by atoms with Crippen molar-refractivity contribution >= 4 is 28.3 Å². The molecule has 0 saturated heterocycles. The maximum atomic E-state index is 12.2. The second-order valence-electron chi connectivity index (χ2n) is 7.60. The van der Waals surface area contributed by atoms with Crippen molar-refractivity contribution in [1.82, 2.24) is 14.9 Å². The highest BCUT2D eigenvalue weighted by Gasteiger charge is 2.12. The number of aryl methyl sites for hydroxylation is 3. The minimum Gasteiger partial charge on any atom is -0.494 e. The average molecular weight is 434 g/mol. The molecule has 4 rings (SSSR count). The lowest BCUT2D eigenvalue weighted by Gasteiger charge is -2.11. The van der Waals surface area contributed by atoms with Crippen LogP contribution in [0, 0.1) is 13.8 Å². The van der Waals surface area contributed by atoms with Crippen LogP contribution in [0.3, 0.4) is 0 Å². The zero-order valence-electron chi connectivity index (χ0n) is 17.9. The van der Waals surface area contributed by atoms with Crippen LogP contribution in [-0.4, -0.2) is 28.6 Å². The quantitative estimate of drug-likeness (QED) is 0.371. The van der Waals surface area contributed by atoms with Crippen molar-refractivity contribution in [3.63, 3.8) is 0 Å². The van der Waals surface area contributed by atoms with Gasteiger partial charge in [0.15, 0.2) is 0 Å². The van der Waals surface area contributed by atoms with Gasteiger partial charge in [-0.05, 0) is 67.1 Å². The van der Waals surface area contributed by atoms with Crippen molar-refractivity contribution in [3.05, 3.63) is 81.8 Å². The van der Waals surface area contributed by atoms with Gasteiger partial charge in [0.05, 0.1) is 22.5 Å². The van der Waals surface area contributed by atoms with Crippen molar-refractivity contribution in [2.45, 2.75) is 33.2 Å². The van der Waals surface area contributed by atoms with E-state index in [1.807, 2.05) is 41.8 Å². The molecule has 0 aliphatic rings. The fourth-order valence-corrected chi connectivity index (χ4v) is 4.20. The van der Waals surface area contributed by atoms with Gasteiger partial charge in [-0.3, -0.25) is 4.79 Å². The molecule has 0 atom stereocenters. The molecule has 1 amide bonds. The van der Waals surface area contributed by atoms with Gasteiger partial charge < -0.3 is 14.6 Å². The molecule has 4 aromatic rings. The van der Waals surface area contributed by atoms with E-state index in [0.29, 0.717) is 19.6 Å². The van der Waals surface area contributed by atoms with Crippen molar-refractivity contribution in [1.29, 1.82) is 0 Å². The summed E-state index contributed by atoms with van der Waals surface area (Å²) < 4.78 is 8.20. The van der Waals surface area contributed by atoms with E-state index < -0.39 is 0 Å². The van der Waals surface area contributed by atoms with E-state index in [1.165, 1.54) is 22.5 Å². The highest BCUT2D eigenvalue weighted by Crippen LogP contribution is 2.19. The summed E-state index contributed by atoms with van der Waals surface area (Å²) in [6.45, 7) is 6.22. The molecule has 2 heterocycles. The van der Waals surface area contributed by atoms with Crippen LogP contribution in [0.2, 0.25) is 0 Å². The number of benzene rings is 2. The maximum Gasteiger partial charge on any atom is 0.261 e. The number of carbonyl (C=O) groups is 1. The number of thiophene rings is 1. The number of carbonyl (C=O) groups excluding carboxylic acids is 1. The van der Waals surface area contributed by atoms with Crippen molar-refractivity contribution in [2.24, 2.45) is 0 Å². The number of imidazole rings is 1. The largest absolute Gasteiger partial charge is 0.494 e. The van der Waals surface area contributed by atoms with Gasteiger partial charge in [-0.25, -0.2) is 4.98 Å². The van der Waals surface area contributed by atoms with Gasteiger partial charge in [0, 0.05) is 19.5 Å². The molecule has 0 saturated carbocycles. The third kappa shape index (κ3) is 5.14. The number of nitrogens with zero attached hydrogens (tertiary/aromatic N) is 2. The summed E-state index contributed by atoms with van der Waals surface area (Å²) in [4.78, 5) is 17.7. The Morgan fingerprint density at radius 1 is 1.10 bits per heavy atom. The molecule has 0 bridgehead atoms. The molecular formula is C25H27N3O2S. The Balaban J connectivity index is 1.37. The molecule has 0 aliphatic carbocycles. The second-order valence-corrected chi connectivity index (χ2v) is 8.55. The van der Waals surface area contributed by atoms with Crippen LogP contribution >= 0.6 is 11.3 Å². The smallest absolute Gasteiger partial charge is 0.261 e. The summed E-state index contributed by atoms with van der Waals surface area (Å²) in [6, 6.07) is 18.1. The lowest BCUT2D eigenvalue weighted by molar-refractivity contribution is 0.0958. The summed E-state index contributed by atoms with van der Waals surface area (Å²) in [5.74, 6) is 1.87. The zero-order valence-corrected chi connectivity index (χ0v) is 18.7. The standard InChI is InChI=1S/C25H27N3O2S/c1-18-10-11-20(17-19(18)2)30-15-6-14-28-22-8-4-3-7-21(22)27-24(28)12-13-26-25(29)23-9-5-16-31-23/h3-5,7-11,16-17H,6,12-15H2,1-2H3,(H,26,29). The van der Waals surface area contributed by atoms with E-state index >= 15 is 0 Å². The predicted molar refractivity (Wildman–Crippen MR) is 126 cm³/mol. The van der Waals surface area contributed by atoms with Crippen LogP contribution in [0.1, 0.15) is 33.0 Å². The molecule has 31 heavy (non-hydrogen) atoms. The topological polar surface area (TPSA) is 56.1 Å². The van der Waals surface area contributed by atoms with Gasteiger partial charge in [-0.15, -0.1) is 11.3 Å². The Bertz CT molecular complexity index is 1160. The molecule has 160 valence electrons. The maximum absolute atomic E-state index is 12.2. The minimum atomic E-state index is -0.0283. The third-order valence-electron chi connectivity index (χ3n) is 5.39. The number of amides is 1. The first-order chi connectivity index (χ1) is 15.1. The number of ether oxygens (including phenoxy) is 1. The van der Waals surface area contributed by atoms with E-state index in [0.717, 1.165) is 40.5 Å². The molecule has 0 unspecified atom stereocenters. The summed E-state index contributed by atoms with van der Waals surface area (Å²) in [7, 11) is 0. The van der Waals surface area contributed by atoms with E-state index in [2.05, 4.69) is 41.9 Å². The number of para-hydroxylation sites is 2. The molecule has 2 aromatic heterocycles. The number of rotatable bonds is 9. The minimum absolute atomic E-state index is 0.0283.